The maximum absolute atomic E-state index is 12.4. The first-order chi connectivity index (χ1) is 13.8. The van der Waals surface area contributed by atoms with E-state index in [0.717, 1.165) is 35.0 Å². The first kappa shape index (κ1) is 18.4. The third-order valence-corrected chi connectivity index (χ3v) is 5.51. The highest BCUT2D eigenvalue weighted by Crippen LogP contribution is 2.22. The van der Waals surface area contributed by atoms with Crippen LogP contribution in [0, 0.1) is 0 Å². The van der Waals surface area contributed by atoms with E-state index in [4.69, 9.17) is 4.74 Å². The molecular weight excluding hydrogens is 370 g/mol. The zero-order chi connectivity index (χ0) is 19.2. The smallest absolute Gasteiger partial charge is 0.257 e. The maximum Gasteiger partial charge on any atom is 0.257 e. The van der Waals surface area contributed by atoms with Crippen LogP contribution in [0.25, 0.3) is 0 Å². The van der Waals surface area contributed by atoms with E-state index >= 15 is 0 Å². The highest BCUT2D eigenvalue weighted by atomic mass is 32.2. The minimum Gasteiger partial charge on any atom is -0.473 e. The van der Waals surface area contributed by atoms with Crippen LogP contribution in [0.5, 0.6) is 5.88 Å². The standard InChI is InChI=1S/C22H21N3O2S/c26-22(16-6-11-21(23-14-16)27-20-12-13-28-15-20)25-19-9-7-18(8-10-19)24-17-4-2-1-3-5-17/h1-11,14,20,24H,12-13,15H2,(H,25,26). The van der Waals surface area contributed by atoms with Gasteiger partial charge in [0.05, 0.1) is 5.56 Å². The Morgan fingerprint density at radius 1 is 0.964 bits per heavy atom. The number of rotatable bonds is 6. The lowest BCUT2D eigenvalue weighted by atomic mass is 10.2. The second kappa shape index (κ2) is 8.80. The lowest BCUT2D eigenvalue weighted by Crippen LogP contribution is -2.16. The van der Waals surface area contributed by atoms with Gasteiger partial charge in [-0.05, 0) is 54.6 Å². The van der Waals surface area contributed by atoms with E-state index in [0.29, 0.717) is 11.4 Å². The van der Waals surface area contributed by atoms with Gasteiger partial charge in [-0.2, -0.15) is 11.8 Å². The van der Waals surface area contributed by atoms with Crippen LogP contribution in [0.4, 0.5) is 17.1 Å². The molecule has 2 aromatic carbocycles. The van der Waals surface area contributed by atoms with Crippen molar-refractivity contribution in [1.29, 1.82) is 0 Å². The van der Waals surface area contributed by atoms with Crippen molar-refractivity contribution in [3.63, 3.8) is 0 Å². The van der Waals surface area contributed by atoms with Crippen LogP contribution < -0.4 is 15.4 Å². The number of carbonyl (C=O) groups is 1. The van der Waals surface area contributed by atoms with Crippen molar-refractivity contribution in [2.24, 2.45) is 0 Å². The molecule has 3 aromatic rings. The molecule has 1 aliphatic rings. The third kappa shape index (κ3) is 4.84. The number of ether oxygens (including phenoxy) is 1. The maximum atomic E-state index is 12.4. The highest BCUT2D eigenvalue weighted by molar-refractivity contribution is 7.99. The van der Waals surface area contributed by atoms with Gasteiger partial charge in [-0.3, -0.25) is 4.79 Å². The summed E-state index contributed by atoms with van der Waals surface area (Å²) >= 11 is 1.89. The first-order valence-corrected chi connectivity index (χ1v) is 10.4. The molecule has 0 aliphatic carbocycles. The quantitative estimate of drug-likeness (QED) is 0.622. The fourth-order valence-corrected chi connectivity index (χ4v) is 3.98. The summed E-state index contributed by atoms with van der Waals surface area (Å²) in [5, 5.41) is 6.20. The van der Waals surface area contributed by atoms with Gasteiger partial charge in [-0.1, -0.05) is 18.2 Å². The van der Waals surface area contributed by atoms with Crippen LogP contribution in [0.1, 0.15) is 16.8 Å². The molecule has 1 atom stereocenters. The molecule has 0 bridgehead atoms. The van der Waals surface area contributed by atoms with Gasteiger partial charge < -0.3 is 15.4 Å². The topological polar surface area (TPSA) is 63.2 Å². The van der Waals surface area contributed by atoms with E-state index in [2.05, 4.69) is 15.6 Å². The van der Waals surface area contributed by atoms with Gasteiger partial charge >= 0.3 is 0 Å². The summed E-state index contributed by atoms with van der Waals surface area (Å²) in [5.41, 5.74) is 3.20. The van der Waals surface area contributed by atoms with Gasteiger partial charge in [-0.15, -0.1) is 0 Å². The normalized spacial score (nSPS) is 15.8. The number of benzene rings is 2. The van der Waals surface area contributed by atoms with Crippen molar-refractivity contribution in [2.75, 3.05) is 22.1 Å². The predicted molar refractivity (Wildman–Crippen MR) is 115 cm³/mol. The Morgan fingerprint density at radius 3 is 2.39 bits per heavy atom. The number of aromatic nitrogens is 1. The average Bonchev–Trinajstić information content (AvgIpc) is 3.24. The van der Waals surface area contributed by atoms with Crippen LogP contribution in [-0.4, -0.2) is 28.5 Å². The molecule has 1 unspecified atom stereocenters. The number of thioether (sulfide) groups is 1. The van der Waals surface area contributed by atoms with Crippen LogP contribution in [0.15, 0.2) is 72.9 Å². The predicted octanol–water partition coefficient (Wildman–Crippen LogP) is 4.96. The minimum atomic E-state index is -0.195. The van der Waals surface area contributed by atoms with Gasteiger partial charge in [0.1, 0.15) is 6.10 Å². The molecule has 1 aliphatic heterocycles. The zero-order valence-electron chi connectivity index (χ0n) is 15.3. The molecule has 1 amide bonds. The Morgan fingerprint density at radius 2 is 1.71 bits per heavy atom. The van der Waals surface area contributed by atoms with Crippen LogP contribution in [0.2, 0.25) is 0 Å². The van der Waals surface area contributed by atoms with E-state index < -0.39 is 0 Å². The largest absolute Gasteiger partial charge is 0.473 e. The van der Waals surface area contributed by atoms with Crippen LogP contribution >= 0.6 is 11.8 Å². The fourth-order valence-electron chi connectivity index (χ4n) is 2.89. The lowest BCUT2D eigenvalue weighted by molar-refractivity contribution is 0.102. The Balaban J connectivity index is 1.33. The fraction of sp³-hybridized carbons (Fsp3) is 0.182. The highest BCUT2D eigenvalue weighted by Gasteiger charge is 2.17. The second-order valence-electron chi connectivity index (χ2n) is 6.51. The van der Waals surface area contributed by atoms with Gasteiger partial charge in [-0.25, -0.2) is 4.98 Å². The molecule has 2 N–H and O–H groups in total. The molecule has 142 valence electrons. The minimum absolute atomic E-state index is 0.195. The van der Waals surface area contributed by atoms with E-state index in [9.17, 15) is 4.79 Å². The number of nitrogens with zero attached hydrogens (tertiary/aromatic N) is 1. The van der Waals surface area contributed by atoms with Gasteiger partial charge in [0.2, 0.25) is 5.88 Å². The monoisotopic (exact) mass is 391 g/mol. The van der Waals surface area contributed by atoms with Gasteiger partial charge in [0, 0.05) is 35.1 Å². The Kier molecular flexibility index (Phi) is 5.77. The van der Waals surface area contributed by atoms with Gasteiger partial charge in [0.15, 0.2) is 0 Å². The van der Waals surface area contributed by atoms with Crippen molar-refractivity contribution < 1.29 is 9.53 Å². The van der Waals surface area contributed by atoms with Crippen LogP contribution in [0.3, 0.4) is 0 Å². The van der Waals surface area contributed by atoms with Crippen molar-refractivity contribution in [3.05, 3.63) is 78.5 Å². The lowest BCUT2D eigenvalue weighted by Gasteiger charge is -2.12. The number of hydrogen-bond acceptors (Lipinski definition) is 5. The molecule has 28 heavy (non-hydrogen) atoms. The summed E-state index contributed by atoms with van der Waals surface area (Å²) < 4.78 is 5.82. The molecule has 0 radical (unpaired) electrons. The molecule has 0 saturated carbocycles. The average molecular weight is 391 g/mol. The van der Waals surface area contributed by atoms with E-state index in [-0.39, 0.29) is 12.0 Å². The first-order valence-electron chi connectivity index (χ1n) is 9.20. The van der Waals surface area contributed by atoms with Crippen molar-refractivity contribution in [2.45, 2.75) is 12.5 Å². The number of pyridine rings is 1. The second-order valence-corrected chi connectivity index (χ2v) is 7.66. The molecule has 2 heterocycles. The van der Waals surface area contributed by atoms with Crippen LogP contribution in [-0.2, 0) is 0 Å². The molecule has 4 rings (SSSR count). The number of anilines is 3. The number of amides is 1. The van der Waals surface area contributed by atoms with Crippen molar-refractivity contribution in [3.8, 4) is 5.88 Å². The summed E-state index contributed by atoms with van der Waals surface area (Å²) in [6.07, 6.45) is 2.82. The number of para-hydroxylation sites is 1. The molecule has 1 saturated heterocycles. The van der Waals surface area contributed by atoms with Crippen molar-refractivity contribution >= 4 is 34.7 Å². The summed E-state index contributed by atoms with van der Waals surface area (Å²) in [4.78, 5) is 16.7. The zero-order valence-corrected chi connectivity index (χ0v) is 16.1. The number of nitrogens with one attached hydrogen (secondary N) is 2. The van der Waals surface area contributed by atoms with E-state index in [1.165, 1.54) is 0 Å². The van der Waals surface area contributed by atoms with E-state index in [1.807, 2.05) is 66.4 Å². The molecule has 0 spiro atoms. The molecular formula is C22H21N3O2S. The Labute approximate surface area is 168 Å². The molecule has 1 aromatic heterocycles. The number of carbonyl (C=O) groups excluding carboxylic acids is 1. The number of hydrogen-bond donors (Lipinski definition) is 2. The summed E-state index contributed by atoms with van der Waals surface area (Å²) in [6, 6.07) is 21.0. The van der Waals surface area contributed by atoms with E-state index in [1.54, 1.807) is 18.3 Å². The van der Waals surface area contributed by atoms with Gasteiger partial charge in [0.25, 0.3) is 5.91 Å². The Bertz CT molecular complexity index is 909. The summed E-state index contributed by atoms with van der Waals surface area (Å²) in [5.74, 6) is 2.50. The summed E-state index contributed by atoms with van der Waals surface area (Å²) in [7, 11) is 0. The van der Waals surface area contributed by atoms with Crippen molar-refractivity contribution in [1.82, 2.24) is 4.98 Å². The Hall–Kier alpha value is -2.99. The molecule has 6 heteroatoms. The third-order valence-electron chi connectivity index (χ3n) is 4.38. The molecule has 5 nitrogen and oxygen atoms in total. The molecule has 1 fully saturated rings. The summed E-state index contributed by atoms with van der Waals surface area (Å²) in [6.45, 7) is 0. The SMILES string of the molecule is O=C(Nc1ccc(Nc2ccccc2)cc1)c1ccc(OC2CCSC2)nc1.